The molecular weight excluding hydrogens is 216 g/mol. The van der Waals surface area contributed by atoms with Gasteiger partial charge in [0.1, 0.15) is 0 Å². The lowest BCUT2D eigenvalue weighted by molar-refractivity contribution is -0.143. The van der Waals surface area contributed by atoms with Gasteiger partial charge in [-0.1, -0.05) is 0 Å². The van der Waals surface area contributed by atoms with Crippen molar-refractivity contribution in [3.05, 3.63) is 0 Å². The summed E-state index contributed by atoms with van der Waals surface area (Å²) in [6, 6.07) is 0.625. The van der Waals surface area contributed by atoms with E-state index < -0.39 is 5.97 Å². The van der Waals surface area contributed by atoms with Gasteiger partial charge < -0.3 is 10.0 Å². The van der Waals surface area contributed by atoms with Gasteiger partial charge in [0.2, 0.25) is 0 Å². The Morgan fingerprint density at radius 2 is 2.18 bits per heavy atom. The third kappa shape index (κ3) is 1.78. The summed E-state index contributed by atoms with van der Waals surface area (Å²) in [6.45, 7) is 3.45. The molecule has 17 heavy (non-hydrogen) atoms. The zero-order valence-electron chi connectivity index (χ0n) is 10.6. The molecule has 0 unspecified atom stereocenters. The zero-order valence-corrected chi connectivity index (χ0v) is 10.6. The molecule has 96 valence electrons. The Labute approximate surface area is 103 Å². The molecule has 1 N–H and O–H groups in total. The minimum Gasteiger partial charge on any atom is -0.481 e. The van der Waals surface area contributed by atoms with E-state index in [4.69, 9.17) is 5.11 Å². The molecule has 0 spiro atoms. The molecule has 2 heterocycles. The number of carbonyl (C=O) groups is 1. The number of likely N-dealkylation sites (N-methyl/N-ethyl adjacent to an activating group) is 1. The average Bonchev–Trinajstić information content (AvgIpc) is 2.70. The van der Waals surface area contributed by atoms with Crippen LogP contribution in [0.4, 0.5) is 0 Å². The second-order valence-electron chi connectivity index (χ2n) is 6.18. The van der Waals surface area contributed by atoms with E-state index in [-0.39, 0.29) is 5.54 Å². The van der Waals surface area contributed by atoms with Gasteiger partial charge in [-0.25, -0.2) is 0 Å². The molecule has 0 aromatic carbocycles. The van der Waals surface area contributed by atoms with Crippen LogP contribution in [0.15, 0.2) is 0 Å². The highest BCUT2D eigenvalue weighted by atomic mass is 16.4. The molecule has 4 heteroatoms. The standard InChI is InChI=1S/C13H22N2O2/c1-14-8-10-3-6-15(11(10)9-14)13(4-2-5-13)7-12(16)17/h10-11H,2-9H2,1H3,(H,16,17)/t10-,11+/m0/s1. The molecule has 0 aromatic rings. The maximum Gasteiger partial charge on any atom is 0.305 e. The lowest BCUT2D eigenvalue weighted by Gasteiger charge is -2.50. The Kier molecular flexibility index (Phi) is 2.67. The van der Waals surface area contributed by atoms with Gasteiger partial charge in [0, 0.05) is 24.7 Å². The average molecular weight is 238 g/mol. The molecular formula is C13H22N2O2. The van der Waals surface area contributed by atoms with Gasteiger partial charge >= 0.3 is 5.97 Å². The number of aliphatic carboxylic acids is 1. The topological polar surface area (TPSA) is 43.8 Å². The number of likely N-dealkylation sites (tertiary alicyclic amines) is 2. The van der Waals surface area contributed by atoms with Crippen LogP contribution in [-0.4, -0.2) is 59.1 Å². The third-order valence-electron chi connectivity index (χ3n) is 5.10. The number of carboxylic acids is 1. The third-order valence-corrected chi connectivity index (χ3v) is 5.10. The first kappa shape index (κ1) is 11.5. The van der Waals surface area contributed by atoms with Crippen molar-refractivity contribution in [3.63, 3.8) is 0 Å². The number of fused-ring (bicyclic) bond motifs is 1. The first-order valence-corrected chi connectivity index (χ1v) is 6.78. The van der Waals surface area contributed by atoms with Crippen molar-refractivity contribution in [1.29, 1.82) is 0 Å². The molecule has 0 amide bonds. The first-order valence-electron chi connectivity index (χ1n) is 6.78. The minimum absolute atomic E-state index is 0.0103. The van der Waals surface area contributed by atoms with E-state index in [9.17, 15) is 4.79 Å². The van der Waals surface area contributed by atoms with Gasteiger partial charge in [0.05, 0.1) is 6.42 Å². The van der Waals surface area contributed by atoms with E-state index in [1.165, 1.54) is 19.4 Å². The van der Waals surface area contributed by atoms with Crippen LogP contribution in [-0.2, 0) is 4.79 Å². The normalized spacial score (nSPS) is 36.8. The Bertz CT molecular complexity index is 327. The summed E-state index contributed by atoms with van der Waals surface area (Å²) in [6.07, 6.45) is 4.99. The monoisotopic (exact) mass is 238 g/mol. The van der Waals surface area contributed by atoms with Gasteiger partial charge in [-0.15, -0.1) is 0 Å². The molecule has 2 atom stereocenters. The molecule has 2 saturated heterocycles. The second-order valence-corrected chi connectivity index (χ2v) is 6.18. The summed E-state index contributed by atoms with van der Waals surface area (Å²) in [5.74, 6) is 0.158. The zero-order chi connectivity index (χ0) is 12.0. The number of hydrogen-bond acceptors (Lipinski definition) is 3. The van der Waals surface area contributed by atoms with Crippen molar-refractivity contribution in [3.8, 4) is 0 Å². The van der Waals surface area contributed by atoms with E-state index in [1.54, 1.807) is 0 Å². The number of carboxylic acid groups (broad SMARTS) is 1. The Hall–Kier alpha value is -0.610. The van der Waals surface area contributed by atoms with Crippen molar-refractivity contribution in [2.45, 2.75) is 43.7 Å². The second kappa shape index (κ2) is 3.95. The summed E-state index contributed by atoms with van der Waals surface area (Å²) in [4.78, 5) is 16.0. The molecule has 0 aromatic heterocycles. The van der Waals surface area contributed by atoms with E-state index >= 15 is 0 Å². The highest BCUT2D eigenvalue weighted by molar-refractivity contribution is 5.68. The van der Waals surface area contributed by atoms with E-state index in [2.05, 4.69) is 16.8 Å². The summed E-state index contributed by atoms with van der Waals surface area (Å²) in [7, 11) is 2.18. The van der Waals surface area contributed by atoms with E-state index in [1.807, 2.05) is 0 Å². The summed E-state index contributed by atoms with van der Waals surface area (Å²) in [5, 5.41) is 9.13. The van der Waals surface area contributed by atoms with Crippen molar-refractivity contribution < 1.29 is 9.90 Å². The quantitative estimate of drug-likeness (QED) is 0.797. The van der Waals surface area contributed by atoms with Crippen molar-refractivity contribution in [1.82, 2.24) is 9.80 Å². The molecule has 4 nitrogen and oxygen atoms in total. The van der Waals surface area contributed by atoms with Crippen LogP contribution < -0.4 is 0 Å². The van der Waals surface area contributed by atoms with Crippen LogP contribution in [0, 0.1) is 5.92 Å². The molecule has 1 aliphatic carbocycles. The number of nitrogens with zero attached hydrogens (tertiary/aromatic N) is 2. The lowest BCUT2D eigenvalue weighted by atomic mass is 9.72. The fraction of sp³-hybridized carbons (Fsp3) is 0.923. The van der Waals surface area contributed by atoms with Crippen LogP contribution >= 0.6 is 0 Å². The Morgan fingerprint density at radius 1 is 1.41 bits per heavy atom. The minimum atomic E-state index is -0.625. The molecule has 0 radical (unpaired) electrons. The van der Waals surface area contributed by atoms with Crippen LogP contribution in [0.25, 0.3) is 0 Å². The molecule has 1 saturated carbocycles. The van der Waals surface area contributed by atoms with Crippen molar-refractivity contribution in [2.75, 3.05) is 26.7 Å². The predicted molar refractivity (Wildman–Crippen MR) is 64.9 cm³/mol. The maximum absolute atomic E-state index is 11.1. The van der Waals surface area contributed by atoms with Crippen molar-refractivity contribution in [2.24, 2.45) is 5.92 Å². The van der Waals surface area contributed by atoms with Gasteiger partial charge in [0.25, 0.3) is 0 Å². The fourth-order valence-corrected chi connectivity index (χ4v) is 4.19. The van der Waals surface area contributed by atoms with E-state index in [0.29, 0.717) is 12.5 Å². The highest BCUT2D eigenvalue weighted by Gasteiger charge is 2.52. The number of rotatable bonds is 3. The lowest BCUT2D eigenvalue weighted by Crippen LogP contribution is -2.57. The van der Waals surface area contributed by atoms with Crippen LogP contribution in [0.2, 0.25) is 0 Å². The van der Waals surface area contributed by atoms with Gasteiger partial charge in [-0.05, 0) is 45.2 Å². The SMILES string of the molecule is CN1C[C@@H]2CCN(C3(CC(=O)O)CCC3)[C@@H]2C1. The van der Waals surface area contributed by atoms with E-state index in [0.717, 1.165) is 31.8 Å². The predicted octanol–water partition coefficient (Wildman–Crippen LogP) is 1.02. The first-order chi connectivity index (χ1) is 8.11. The molecule has 2 aliphatic heterocycles. The largest absolute Gasteiger partial charge is 0.481 e. The molecule has 3 aliphatic rings. The molecule has 3 rings (SSSR count). The molecule has 0 bridgehead atoms. The highest BCUT2D eigenvalue weighted by Crippen LogP contribution is 2.46. The Balaban J connectivity index is 1.76. The van der Waals surface area contributed by atoms with Gasteiger partial charge in [0.15, 0.2) is 0 Å². The van der Waals surface area contributed by atoms with Gasteiger partial charge in [-0.2, -0.15) is 0 Å². The fourth-order valence-electron chi connectivity index (χ4n) is 4.19. The van der Waals surface area contributed by atoms with Crippen LogP contribution in [0.1, 0.15) is 32.1 Å². The number of hydrogen-bond donors (Lipinski definition) is 1. The van der Waals surface area contributed by atoms with Gasteiger partial charge in [-0.3, -0.25) is 9.69 Å². The summed E-state index contributed by atoms with van der Waals surface area (Å²) >= 11 is 0. The summed E-state index contributed by atoms with van der Waals surface area (Å²) in [5.41, 5.74) is 0.0103. The maximum atomic E-state index is 11.1. The van der Waals surface area contributed by atoms with Crippen LogP contribution in [0.5, 0.6) is 0 Å². The molecule has 3 fully saturated rings. The summed E-state index contributed by atoms with van der Waals surface area (Å²) < 4.78 is 0. The Morgan fingerprint density at radius 3 is 2.76 bits per heavy atom. The smallest absolute Gasteiger partial charge is 0.305 e. The van der Waals surface area contributed by atoms with Crippen LogP contribution in [0.3, 0.4) is 0 Å². The van der Waals surface area contributed by atoms with Crippen molar-refractivity contribution >= 4 is 5.97 Å².